The Kier molecular flexibility index (Phi) is 3.87. The fraction of sp³-hybridized carbons (Fsp3) is 0.0741. The Morgan fingerprint density at radius 1 is 0.677 bits per heavy atom. The normalized spacial score (nSPS) is 11.6. The van der Waals surface area contributed by atoms with E-state index in [1.165, 1.54) is 0 Å². The Morgan fingerprint density at radius 3 is 1.84 bits per heavy atom. The SMILES string of the molecule is CCn1c(=O)nc2ccc3c(-c4ccccc4)nc(-c4ccccc4)c4ccc1c2c34. The minimum Gasteiger partial charge on any atom is -0.292 e. The molecule has 0 aliphatic rings. The Bertz CT molecular complexity index is 1560. The molecule has 31 heavy (non-hydrogen) atoms. The molecule has 0 aliphatic carbocycles. The molecule has 4 nitrogen and oxygen atoms in total. The van der Waals surface area contributed by atoms with E-state index >= 15 is 0 Å². The topological polar surface area (TPSA) is 47.8 Å². The molecule has 4 heteroatoms. The zero-order valence-electron chi connectivity index (χ0n) is 17.0. The van der Waals surface area contributed by atoms with Gasteiger partial charge in [0.1, 0.15) is 0 Å². The summed E-state index contributed by atoms with van der Waals surface area (Å²) in [6, 6.07) is 28.7. The van der Waals surface area contributed by atoms with Crippen LogP contribution in [0.3, 0.4) is 0 Å². The molecule has 2 aromatic heterocycles. The quantitative estimate of drug-likeness (QED) is 0.347. The van der Waals surface area contributed by atoms with E-state index in [0.717, 1.165) is 55.1 Å². The predicted molar refractivity (Wildman–Crippen MR) is 127 cm³/mol. The fourth-order valence-electron chi connectivity index (χ4n) is 4.61. The van der Waals surface area contributed by atoms with Gasteiger partial charge < -0.3 is 0 Å². The first-order valence-electron chi connectivity index (χ1n) is 10.5. The second-order valence-corrected chi connectivity index (χ2v) is 7.69. The van der Waals surface area contributed by atoms with Gasteiger partial charge in [0.05, 0.1) is 22.4 Å². The van der Waals surface area contributed by atoms with Gasteiger partial charge in [0, 0.05) is 39.2 Å². The third kappa shape index (κ3) is 2.58. The van der Waals surface area contributed by atoms with Crippen molar-refractivity contribution in [3.05, 3.63) is 95.4 Å². The lowest BCUT2D eigenvalue weighted by atomic mass is 9.93. The van der Waals surface area contributed by atoms with Crippen LogP contribution in [0, 0.1) is 0 Å². The van der Waals surface area contributed by atoms with E-state index in [1.807, 2.05) is 55.5 Å². The van der Waals surface area contributed by atoms with Gasteiger partial charge in [-0.1, -0.05) is 66.7 Å². The molecule has 0 unspecified atom stereocenters. The monoisotopic (exact) mass is 401 g/mol. The molecule has 0 fully saturated rings. The lowest BCUT2D eigenvalue weighted by molar-refractivity contribution is 0.736. The zero-order chi connectivity index (χ0) is 20.9. The number of rotatable bonds is 3. The van der Waals surface area contributed by atoms with Gasteiger partial charge in [-0.15, -0.1) is 0 Å². The average Bonchev–Trinajstić information content (AvgIpc) is 2.83. The van der Waals surface area contributed by atoms with Gasteiger partial charge in [-0.25, -0.2) is 9.78 Å². The van der Waals surface area contributed by atoms with E-state index in [2.05, 4.69) is 41.4 Å². The maximum Gasteiger partial charge on any atom is 0.348 e. The first-order valence-corrected chi connectivity index (χ1v) is 10.5. The van der Waals surface area contributed by atoms with Crippen LogP contribution in [0.1, 0.15) is 6.92 Å². The van der Waals surface area contributed by atoms with Crippen molar-refractivity contribution in [1.29, 1.82) is 0 Å². The predicted octanol–water partition coefficient (Wildman–Crippen LogP) is 5.89. The van der Waals surface area contributed by atoms with Crippen molar-refractivity contribution >= 4 is 32.6 Å². The average molecular weight is 401 g/mol. The standard InChI is InChI=1S/C27H19N3O/c1-2-30-22-16-14-20-23-19(13-15-21(24(22)23)28-27(30)31)25(17-9-5-3-6-10-17)29-26(20)18-11-7-4-8-12-18/h3-16H,2H2,1H3. The number of benzene rings is 4. The van der Waals surface area contributed by atoms with Crippen LogP contribution in [0.25, 0.3) is 55.1 Å². The molecule has 6 rings (SSSR count). The van der Waals surface area contributed by atoms with Crippen molar-refractivity contribution < 1.29 is 0 Å². The third-order valence-corrected chi connectivity index (χ3v) is 6.00. The van der Waals surface area contributed by atoms with Crippen LogP contribution in [0.4, 0.5) is 0 Å². The number of hydrogen-bond acceptors (Lipinski definition) is 3. The van der Waals surface area contributed by atoms with Crippen LogP contribution in [0.15, 0.2) is 89.7 Å². The molecule has 0 amide bonds. The second-order valence-electron chi connectivity index (χ2n) is 7.69. The number of aryl methyl sites for hydroxylation is 1. The van der Waals surface area contributed by atoms with E-state index in [4.69, 9.17) is 4.98 Å². The molecule has 0 saturated carbocycles. The maximum atomic E-state index is 12.6. The summed E-state index contributed by atoms with van der Waals surface area (Å²) in [5.74, 6) is 0. The summed E-state index contributed by atoms with van der Waals surface area (Å²) in [5.41, 5.74) is 5.45. The molecular formula is C27H19N3O. The van der Waals surface area contributed by atoms with Crippen molar-refractivity contribution in [3.8, 4) is 22.5 Å². The second kappa shape index (κ2) is 6.74. The van der Waals surface area contributed by atoms with Gasteiger partial charge in [0.15, 0.2) is 0 Å². The molecule has 0 radical (unpaired) electrons. The molecule has 2 heterocycles. The lowest BCUT2D eigenvalue weighted by Gasteiger charge is -2.18. The van der Waals surface area contributed by atoms with E-state index in [9.17, 15) is 4.79 Å². The lowest BCUT2D eigenvalue weighted by Crippen LogP contribution is -2.22. The first-order chi connectivity index (χ1) is 15.3. The highest BCUT2D eigenvalue weighted by Crippen LogP contribution is 2.41. The van der Waals surface area contributed by atoms with Crippen LogP contribution >= 0.6 is 0 Å². The van der Waals surface area contributed by atoms with Gasteiger partial charge >= 0.3 is 5.69 Å². The summed E-state index contributed by atoms with van der Waals surface area (Å²) >= 11 is 0. The van der Waals surface area contributed by atoms with Crippen LogP contribution in [0.2, 0.25) is 0 Å². The van der Waals surface area contributed by atoms with Crippen LogP contribution < -0.4 is 5.69 Å². The molecule has 4 aromatic carbocycles. The Morgan fingerprint density at radius 2 is 1.26 bits per heavy atom. The van der Waals surface area contributed by atoms with E-state index < -0.39 is 0 Å². The van der Waals surface area contributed by atoms with Crippen molar-refractivity contribution in [2.45, 2.75) is 13.5 Å². The number of aromatic nitrogens is 3. The first kappa shape index (κ1) is 17.8. The minimum absolute atomic E-state index is 0.210. The van der Waals surface area contributed by atoms with Gasteiger partial charge in [-0.2, -0.15) is 4.98 Å². The smallest absolute Gasteiger partial charge is 0.292 e. The molecule has 0 saturated heterocycles. The fourth-order valence-corrected chi connectivity index (χ4v) is 4.61. The molecule has 148 valence electrons. The van der Waals surface area contributed by atoms with Gasteiger partial charge in [0.25, 0.3) is 0 Å². The Hall–Kier alpha value is -4.05. The van der Waals surface area contributed by atoms with Crippen molar-refractivity contribution in [2.24, 2.45) is 0 Å². The van der Waals surface area contributed by atoms with Crippen LogP contribution in [-0.4, -0.2) is 14.5 Å². The van der Waals surface area contributed by atoms with E-state index in [-0.39, 0.29) is 5.69 Å². The Labute approximate surface area is 178 Å². The summed E-state index contributed by atoms with van der Waals surface area (Å²) in [5, 5.41) is 4.27. The number of hydrogen-bond donors (Lipinski definition) is 0. The summed E-state index contributed by atoms with van der Waals surface area (Å²) in [4.78, 5) is 22.1. The van der Waals surface area contributed by atoms with Crippen LogP contribution in [0.5, 0.6) is 0 Å². The molecule has 0 atom stereocenters. The highest BCUT2D eigenvalue weighted by molar-refractivity contribution is 6.25. The third-order valence-electron chi connectivity index (χ3n) is 6.00. The van der Waals surface area contributed by atoms with Gasteiger partial charge in [-0.05, 0) is 25.1 Å². The highest BCUT2D eigenvalue weighted by atomic mass is 16.1. The molecule has 0 aliphatic heterocycles. The summed E-state index contributed by atoms with van der Waals surface area (Å²) in [6.07, 6.45) is 0. The zero-order valence-corrected chi connectivity index (χ0v) is 17.0. The van der Waals surface area contributed by atoms with Crippen molar-refractivity contribution in [3.63, 3.8) is 0 Å². The summed E-state index contributed by atoms with van der Waals surface area (Å²) < 4.78 is 1.74. The summed E-state index contributed by atoms with van der Waals surface area (Å²) in [6.45, 7) is 2.56. The Balaban J connectivity index is 1.87. The molecular weight excluding hydrogens is 382 g/mol. The van der Waals surface area contributed by atoms with Gasteiger partial charge in [-0.3, -0.25) is 4.57 Å². The van der Waals surface area contributed by atoms with Crippen LogP contribution in [-0.2, 0) is 6.54 Å². The van der Waals surface area contributed by atoms with E-state index in [0.29, 0.717) is 6.54 Å². The minimum atomic E-state index is -0.210. The van der Waals surface area contributed by atoms with Gasteiger partial charge in [0.2, 0.25) is 0 Å². The van der Waals surface area contributed by atoms with Crippen molar-refractivity contribution in [1.82, 2.24) is 14.5 Å². The molecule has 6 aromatic rings. The highest BCUT2D eigenvalue weighted by Gasteiger charge is 2.19. The van der Waals surface area contributed by atoms with Crippen molar-refractivity contribution in [2.75, 3.05) is 0 Å². The van der Waals surface area contributed by atoms with E-state index in [1.54, 1.807) is 4.57 Å². The number of nitrogens with zero attached hydrogens (tertiary/aromatic N) is 3. The summed E-state index contributed by atoms with van der Waals surface area (Å²) in [7, 11) is 0. The largest absolute Gasteiger partial charge is 0.348 e. The maximum absolute atomic E-state index is 12.6. The molecule has 0 N–H and O–H groups in total. The molecule has 0 bridgehead atoms. The number of pyridine rings is 1. The molecule has 0 spiro atoms.